The van der Waals surface area contributed by atoms with Gasteiger partial charge in [-0.2, -0.15) is 0 Å². The Bertz CT molecular complexity index is 842. The third-order valence-corrected chi connectivity index (χ3v) is 7.54. The minimum Gasteiger partial charge on any atom is -0.452 e. The molecule has 1 amide bonds. The van der Waals surface area contributed by atoms with E-state index < -0.39 is 15.8 Å². The van der Waals surface area contributed by atoms with Crippen LogP contribution in [0.5, 0.6) is 0 Å². The Morgan fingerprint density at radius 2 is 1.79 bits per heavy atom. The van der Waals surface area contributed by atoms with E-state index in [0.717, 1.165) is 43.2 Å². The molecule has 0 radical (unpaired) electrons. The Morgan fingerprint density at radius 3 is 2.39 bits per heavy atom. The molecule has 1 aromatic rings. The second-order valence-corrected chi connectivity index (χ2v) is 10.3. The van der Waals surface area contributed by atoms with Crippen LogP contribution < -0.4 is 0 Å². The number of sulfone groups is 1. The average Bonchev–Trinajstić information content (AvgIpc) is 3.00. The number of hydrogen-bond donors (Lipinski definition) is 0. The fourth-order valence-electron chi connectivity index (χ4n) is 4.38. The molecule has 0 N–H and O–H groups in total. The molecule has 3 rings (SSSR count). The quantitative estimate of drug-likeness (QED) is 0.701. The van der Waals surface area contributed by atoms with E-state index in [1.165, 1.54) is 0 Å². The highest BCUT2D eigenvalue weighted by atomic mass is 32.2. The molecule has 1 saturated carbocycles. The van der Waals surface area contributed by atoms with Crippen molar-refractivity contribution in [1.29, 1.82) is 0 Å². The number of ether oxygens (including phenoxy) is 1. The van der Waals surface area contributed by atoms with E-state index in [0.29, 0.717) is 12.0 Å². The Kier molecular flexibility index (Phi) is 6.43. The van der Waals surface area contributed by atoms with Crippen LogP contribution in [0.4, 0.5) is 0 Å². The summed E-state index contributed by atoms with van der Waals surface area (Å²) in [6.45, 7) is 3.44. The topological polar surface area (TPSA) is 80.8 Å². The van der Waals surface area contributed by atoms with E-state index in [2.05, 4.69) is 0 Å². The first-order valence-electron chi connectivity index (χ1n) is 10.0. The van der Waals surface area contributed by atoms with Crippen molar-refractivity contribution < 1.29 is 22.7 Å². The van der Waals surface area contributed by atoms with Crippen molar-refractivity contribution >= 4 is 21.7 Å². The number of carbonyl (C=O) groups excluding carboxylic acids is 2. The van der Waals surface area contributed by atoms with Crippen LogP contribution >= 0.6 is 0 Å². The van der Waals surface area contributed by atoms with E-state index >= 15 is 0 Å². The fourth-order valence-corrected chi connectivity index (χ4v) is 6.09. The molecule has 1 saturated heterocycles. The number of esters is 1. The van der Waals surface area contributed by atoms with Gasteiger partial charge in [-0.1, -0.05) is 37.0 Å². The molecule has 1 aliphatic heterocycles. The van der Waals surface area contributed by atoms with Gasteiger partial charge in [0.05, 0.1) is 17.1 Å². The summed E-state index contributed by atoms with van der Waals surface area (Å²) in [7, 11) is -3.10. The lowest BCUT2D eigenvalue weighted by molar-refractivity contribution is -0.140. The second kappa shape index (κ2) is 8.64. The number of benzene rings is 1. The molecule has 154 valence electrons. The first-order chi connectivity index (χ1) is 13.3. The Labute approximate surface area is 167 Å². The van der Waals surface area contributed by atoms with Crippen LogP contribution in [0.3, 0.4) is 0 Å². The maximum Gasteiger partial charge on any atom is 0.338 e. The van der Waals surface area contributed by atoms with Crippen molar-refractivity contribution in [3.05, 3.63) is 34.9 Å². The molecule has 0 aromatic heterocycles. The van der Waals surface area contributed by atoms with Gasteiger partial charge >= 0.3 is 5.97 Å². The normalized spacial score (nSPS) is 22.0. The molecule has 28 heavy (non-hydrogen) atoms. The smallest absolute Gasteiger partial charge is 0.338 e. The van der Waals surface area contributed by atoms with E-state index in [1.54, 1.807) is 11.0 Å². The number of nitrogens with zero attached hydrogens (tertiary/aromatic N) is 1. The van der Waals surface area contributed by atoms with Crippen molar-refractivity contribution in [1.82, 2.24) is 4.90 Å². The zero-order chi connectivity index (χ0) is 20.3. The summed E-state index contributed by atoms with van der Waals surface area (Å²) in [5.74, 6) is -0.669. The summed E-state index contributed by atoms with van der Waals surface area (Å²) in [6.07, 6.45) is 5.45. The Hall–Kier alpha value is -1.89. The highest BCUT2D eigenvalue weighted by Crippen LogP contribution is 2.28. The van der Waals surface area contributed by atoms with Crippen LogP contribution in [0.25, 0.3) is 0 Å². The highest BCUT2D eigenvalue weighted by Gasteiger charge is 2.38. The molecule has 2 aliphatic rings. The third-order valence-electron chi connectivity index (χ3n) is 5.79. The summed E-state index contributed by atoms with van der Waals surface area (Å²) in [6, 6.07) is 5.18. The monoisotopic (exact) mass is 407 g/mol. The molecule has 2 fully saturated rings. The van der Waals surface area contributed by atoms with Gasteiger partial charge < -0.3 is 9.64 Å². The lowest BCUT2D eigenvalue weighted by atomic mass is 9.93. The molecule has 6 nitrogen and oxygen atoms in total. The summed E-state index contributed by atoms with van der Waals surface area (Å²) in [5, 5.41) is 0. The second-order valence-electron chi connectivity index (χ2n) is 8.04. The van der Waals surface area contributed by atoms with Gasteiger partial charge in [0.2, 0.25) is 0 Å². The summed E-state index contributed by atoms with van der Waals surface area (Å²) in [5.41, 5.74) is 2.31. The van der Waals surface area contributed by atoms with E-state index in [4.69, 9.17) is 4.74 Å². The van der Waals surface area contributed by atoms with Gasteiger partial charge in [-0.15, -0.1) is 0 Å². The first-order valence-corrected chi connectivity index (χ1v) is 11.8. The van der Waals surface area contributed by atoms with Gasteiger partial charge in [0, 0.05) is 12.1 Å². The van der Waals surface area contributed by atoms with Crippen molar-refractivity contribution in [3.63, 3.8) is 0 Å². The lowest BCUT2D eigenvalue weighted by Crippen LogP contribution is -2.50. The summed E-state index contributed by atoms with van der Waals surface area (Å²) >= 11 is 0. The van der Waals surface area contributed by atoms with Gasteiger partial charge in [-0.25, -0.2) is 13.2 Å². The zero-order valence-corrected chi connectivity index (χ0v) is 17.5. The Balaban J connectivity index is 1.69. The highest BCUT2D eigenvalue weighted by molar-refractivity contribution is 7.91. The van der Waals surface area contributed by atoms with Gasteiger partial charge in [0.1, 0.15) is 0 Å². The van der Waals surface area contributed by atoms with E-state index in [-0.39, 0.29) is 36.1 Å². The van der Waals surface area contributed by atoms with Crippen LogP contribution in [0.2, 0.25) is 0 Å². The van der Waals surface area contributed by atoms with Crippen LogP contribution in [0, 0.1) is 13.8 Å². The van der Waals surface area contributed by atoms with Gasteiger partial charge in [0.25, 0.3) is 5.91 Å². The SMILES string of the molecule is Cc1ccc(C(=O)OCC(=O)N(C2CCCCC2)C2CCS(=O)(=O)C2)c(C)c1. The predicted molar refractivity (Wildman–Crippen MR) is 107 cm³/mol. The standard InChI is InChI=1S/C21H29NO5S/c1-15-8-9-19(16(2)12-15)21(24)27-13-20(23)22(17-6-4-3-5-7-17)18-10-11-28(25,26)14-18/h8-9,12,17-18H,3-7,10-11,13-14H2,1-2H3. The molecule has 1 aromatic carbocycles. The average molecular weight is 408 g/mol. The van der Waals surface area contributed by atoms with Crippen LogP contribution in [0.15, 0.2) is 18.2 Å². The molecule has 1 unspecified atom stereocenters. The number of carbonyl (C=O) groups is 2. The molecule has 1 heterocycles. The molecule has 7 heteroatoms. The lowest BCUT2D eigenvalue weighted by Gasteiger charge is -2.38. The molecular formula is C21H29NO5S. The maximum absolute atomic E-state index is 13.0. The maximum atomic E-state index is 13.0. The van der Waals surface area contributed by atoms with Gasteiger partial charge in [-0.05, 0) is 44.7 Å². The van der Waals surface area contributed by atoms with Gasteiger partial charge in [0.15, 0.2) is 16.4 Å². The van der Waals surface area contributed by atoms with E-state index in [9.17, 15) is 18.0 Å². The zero-order valence-electron chi connectivity index (χ0n) is 16.6. The van der Waals surface area contributed by atoms with Crippen molar-refractivity contribution in [2.45, 2.75) is 64.5 Å². The van der Waals surface area contributed by atoms with Crippen molar-refractivity contribution in [2.75, 3.05) is 18.1 Å². The van der Waals surface area contributed by atoms with E-state index in [1.807, 2.05) is 26.0 Å². The van der Waals surface area contributed by atoms with Crippen molar-refractivity contribution in [3.8, 4) is 0 Å². The molecule has 1 aliphatic carbocycles. The third kappa shape index (κ3) is 4.93. The molecule has 0 spiro atoms. The van der Waals surface area contributed by atoms with Crippen LogP contribution in [-0.4, -0.2) is 55.4 Å². The van der Waals surface area contributed by atoms with Crippen molar-refractivity contribution in [2.24, 2.45) is 0 Å². The fraction of sp³-hybridized carbons (Fsp3) is 0.619. The Morgan fingerprint density at radius 1 is 1.07 bits per heavy atom. The summed E-state index contributed by atoms with van der Waals surface area (Å²) < 4.78 is 29.2. The van der Waals surface area contributed by atoms with Crippen LogP contribution in [-0.2, 0) is 19.4 Å². The summed E-state index contributed by atoms with van der Waals surface area (Å²) in [4.78, 5) is 27.1. The molecule has 1 atom stereocenters. The number of aryl methyl sites for hydroxylation is 2. The van der Waals surface area contributed by atoms with Crippen LogP contribution in [0.1, 0.15) is 60.0 Å². The molecular weight excluding hydrogens is 378 g/mol. The number of rotatable bonds is 5. The number of hydrogen-bond acceptors (Lipinski definition) is 5. The number of amides is 1. The predicted octanol–water partition coefficient (Wildman–Crippen LogP) is 2.81. The minimum atomic E-state index is -3.10. The first kappa shape index (κ1) is 20.8. The van der Waals surface area contributed by atoms with Gasteiger partial charge in [-0.3, -0.25) is 4.79 Å². The molecule has 0 bridgehead atoms. The minimum absolute atomic E-state index is 0.0141. The largest absolute Gasteiger partial charge is 0.452 e.